The lowest BCUT2D eigenvalue weighted by atomic mass is 9.71. The Morgan fingerprint density at radius 1 is 0.323 bits per heavy atom. The summed E-state index contributed by atoms with van der Waals surface area (Å²) in [5.74, 6) is 7.04. The minimum atomic E-state index is 0.0906. The Hall–Kier alpha value is 3.54. The third-order valence-electron chi connectivity index (χ3n) is 13.7. The summed E-state index contributed by atoms with van der Waals surface area (Å²) in [5, 5.41) is 5.28. The molecule has 0 aromatic carbocycles. The molecule has 12 unspecified atom stereocenters. The van der Waals surface area contributed by atoms with Crippen LogP contribution in [-0.2, 0) is 9.59 Å². The van der Waals surface area contributed by atoms with Crippen molar-refractivity contribution < 1.29 is 9.59 Å². The Morgan fingerprint density at radius 3 is 0.646 bits per heavy atom. The van der Waals surface area contributed by atoms with Crippen molar-refractivity contribution in [1.29, 1.82) is 0 Å². The molecule has 0 fully saturated rings. The number of hydrogen-bond donors (Lipinski definition) is 6. The Labute approximate surface area is 463 Å². The van der Waals surface area contributed by atoms with Crippen LogP contribution in [0.25, 0.3) is 0 Å². The molecule has 0 N–H and O–H groups in total. The predicted molar refractivity (Wildman–Crippen MR) is 336 cm³/mol. The maximum atomic E-state index is 14.0. The van der Waals surface area contributed by atoms with Gasteiger partial charge < -0.3 is 0 Å². The van der Waals surface area contributed by atoms with Crippen molar-refractivity contribution in [2.45, 2.75) is 255 Å². The van der Waals surface area contributed by atoms with Crippen LogP contribution in [0.15, 0.2) is 0 Å². The van der Waals surface area contributed by atoms with Crippen LogP contribution in [0.2, 0.25) is 0 Å². The maximum Gasteiger partial charge on any atom is 0.140 e. The summed E-state index contributed by atoms with van der Waals surface area (Å²) >= 11 is 40.6. The van der Waals surface area contributed by atoms with Crippen LogP contribution in [-0.4, -0.2) is 109 Å². The van der Waals surface area contributed by atoms with Crippen molar-refractivity contribution in [2.75, 3.05) is 34.5 Å². The quantitative estimate of drug-likeness (QED) is 0.0205. The predicted octanol–water partition coefficient (Wildman–Crippen LogP) is 17.4. The minimum Gasteiger partial charge on any atom is -0.299 e. The van der Waals surface area contributed by atoms with Crippen molar-refractivity contribution in [1.82, 2.24) is 0 Å². The fourth-order valence-corrected chi connectivity index (χ4v) is 15.2. The molecule has 0 aromatic rings. The summed E-state index contributed by atoms with van der Waals surface area (Å²) in [7, 11) is 0. The first kappa shape index (κ1) is 68.5. The minimum absolute atomic E-state index is 0.0906. The fraction of sp³-hybridized carbons (Fsp3) is 0.961. The van der Waals surface area contributed by atoms with Crippen LogP contribution < -0.4 is 0 Å². The van der Waals surface area contributed by atoms with Crippen molar-refractivity contribution in [3.8, 4) is 0 Å². The van der Waals surface area contributed by atoms with E-state index in [2.05, 4.69) is 83.1 Å². The highest BCUT2D eigenvalue weighted by Crippen LogP contribution is 2.44. The second kappa shape index (κ2) is 39.9. The molecule has 2 nitrogen and oxygen atoms in total. The van der Waals surface area contributed by atoms with Gasteiger partial charge in [0.2, 0.25) is 0 Å². The highest BCUT2D eigenvalue weighted by Gasteiger charge is 2.33. The number of thiol groups is 6. The third kappa shape index (κ3) is 34.6. The van der Waals surface area contributed by atoms with Crippen LogP contribution in [0.4, 0.5) is 0 Å². The molecular weight excluding hydrogens is 1030 g/mol. The Bertz CT molecular complexity index is 988. The second-order valence-corrected chi connectivity index (χ2v) is 33.6. The molecule has 14 heteroatoms. The molecule has 0 heterocycles. The van der Waals surface area contributed by atoms with Gasteiger partial charge in [0, 0.05) is 75.8 Å². The zero-order valence-electron chi connectivity index (χ0n) is 43.1. The number of ketones is 2. The molecule has 12 atom stereocenters. The van der Waals surface area contributed by atoms with Crippen molar-refractivity contribution in [3.05, 3.63) is 0 Å². The summed E-state index contributed by atoms with van der Waals surface area (Å²) in [6, 6.07) is 0. The van der Waals surface area contributed by atoms with Gasteiger partial charge in [-0.15, -0.1) is 0 Å². The molecule has 0 aromatic heterocycles. The lowest BCUT2D eigenvalue weighted by Gasteiger charge is -2.35. The molecule has 0 aliphatic carbocycles. The molecule has 65 heavy (non-hydrogen) atoms. The zero-order chi connectivity index (χ0) is 49.6. The summed E-state index contributed by atoms with van der Waals surface area (Å²) in [6.45, 7) is 26.9. The SMILES string of the molecule is CC(S)C(C)SCCCC(CCCSC(C)C(C)S)(CCCSC(C)C(C)S)CCC(=O)CC(=O)CCC(CCCSC(C)C(C)S)(CCCSC(C)C(C)S)CCCSC(C)C(C)S. The first-order chi connectivity index (χ1) is 30.5. The normalized spacial score (nSPS) is 19.7. The highest BCUT2D eigenvalue weighted by molar-refractivity contribution is 8.02. The van der Waals surface area contributed by atoms with Gasteiger partial charge in [0.25, 0.3) is 0 Å². The van der Waals surface area contributed by atoms with Crippen LogP contribution in [0, 0.1) is 10.8 Å². The largest absolute Gasteiger partial charge is 0.299 e. The molecular formula is C51H100O2S12. The van der Waals surface area contributed by atoms with Gasteiger partial charge in [-0.1, -0.05) is 83.1 Å². The molecule has 0 saturated carbocycles. The van der Waals surface area contributed by atoms with E-state index in [0.717, 1.165) is 124 Å². The molecule has 0 radical (unpaired) electrons. The molecule has 0 aliphatic rings. The van der Waals surface area contributed by atoms with Crippen molar-refractivity contribution in [2.24, 2.45) is 10.8 Å². The van der Waals surface area contributed by atoms with Gasteiger partial charge >= 0.3 is 0 Å². The average molecular weight is 1130 g/mol. The van der Waals surface area contributed by atoms with Gasteiger partial charge in [-0.25, -0.2) is 0 Å². The van der Waals surface area contributed by atoms with Crippen LogP contribution in [0.1, 0.15) is 192 Å². The van der Waals surface area contributed by atoms with E-state index in [1.807, 2.05) is 70.6 Å². The first-order valence-corrected chi connectivity index (χ1v) is 34.7. The smallest absolute Gasteiger partial charge is 0.140 e. The summed E-state index contributed by atoms with van der Waals surface area (Å²) in [4.78, 5) is 28.0. The molecule has 0 spiro atoms. The lowest BCUT2D eigenvalue weighted by molar-refractivity contribution is -0.127. The number of carbonyl (C=O) groups is 2. The van der Waals surface area contributed by atoms with Crippen LogP contribution in [0.3, 0.4) is 0 Å². The van der Waals surface area contributed by atoms with E-state index in [-0.39, 0.29) is 28.8 Å². The van der Waals surface area contributed by atoms with E-state index in [1.54, 1.807) is 0 Å². The molecule has 0 aliphatic heterocycles. The average Bonchev–Trinajstić information content (AvgIpc) is 3.24. The Balaban J connectivity index is 6.25. The molecule has 0 bridgehead atoms. The second-order valence-electron chi connectivity index (χ2n) is 19.8. The molecule has 0 rings (SSSR count). The number of thioether (sulfide) groups is 6. The fourth-order valence-electron chi connectivity index (χ4n) is 7.84. The summed E-state index contributed by atoms with van der Waals surface area (Å²) < 4.78 is 0. The van der Waals surface area contributed by atoms with E-state index in [0.29, 0.717) is 75.8 Å². The first-order valence-electron chi connectivity index (χ1n) is 25.3. The molecule has 0 saturated heterocycles. The van der Waals surface area contributed by atoms with Gasteiger partial charge in [0.05, 0.1) is 6.42 Å². The van der Waals surface area contributed by atoms with Gasteiger partial charge in [0.1, 0.15) is 11.6 Å². The van der Waals surface area contributed by atoms with E-state index >= 15 is 0 Å². The number of hydrogen-bond acceptors (Lipinski definition) is 14. The van der Waals surface area contributed by atoms with Crippen LogP contribution >= 0.6 is 146 Å². The summed E-state index contributed by atoms with van der Waals surface area (Å²) in [5.41, 5.74) is 0.218. The third-order valence-corrected chi connectivity index (χ3v) is 26.4. The maximum absolute atomic E-state index is 14.0. The summed E-state index contributed by atoms with van der Waals surface area (Å²) in [6.07, 6.45) is 16.7. The number of rotatable bonds is 44. The number of Topliss-reactive ketones (excluding diaryl/α,β-unsaturated/α-hetero) is 2. The van der Waals surface area contributed by atoms with E-state index in [4.69, 9.17) is 75.8 Å². The zero-order valence-corrected chi connectivity index (χ0v) is 53.4. The van der Waals surface area contributed by atoms with Gasteiger partial charge in [-0.05, 0) is 135 Å². The standard InChI is InChI=1S/C51H100O2S12/c1-36(54)42(7)60-29-13-21-50(22-14-30-61-43(8)37(2)55,23-15-31-62-44(9)38(3)56)27-19-48(52)35-49(53)20-28-51(24-16-32-63-45(10)39(4)57,25-17-33-64-46(11)40(5)58)26-18-34-65-47(12)41(6)59/h36-47,54-59H,13-35H2,1-12H3. The van der Waals surface area contributed by atoms with E-state index in [1.165, 1.54) is 0 Å². The molecule has 0 amide bonds. The number of carbonyl (C=O) groups excluding carboxylic acids is 2. The molecule has 388 valence electrons. The van der Waals surface area contributed by atoms with Crippen molar-refractivity contribution >= 4 is 158 Å². The van der Waals surface area contributed by atoms with Gasteiger partial charge in [-0.2, -0.15) is 146 Å². The van der Waals surface area contributed by atoms with E-state index in [9.17, 15) is 9.59 Å². The Kier molecular flexibility index (Phi) is 42.1. The monoisotopic (exact) mass is 1130 g/mol. The van der Waals surface area contributed by atoms with E-state index < -0.39 is 0 Å². The van der Waals surface area contributed by atoms with Gasteiger partial charge in [-0.3, -0.25) is 9.59 Å². The Morgan fingerprint density at radius 2 is 0.492 bits per heavy atom. The topological polar surface area (TPSA) is 34.1 Å². The van der Waals surface area contributed by atoms with Crippen molar-refractivity contribution in [3.63, 3.8) is 0 Å². The van der Waals surface area contributed by atoms with Gasteiger partial charge in [0.15, 0.2) is 0 Å². The lowest BCUT2D eigenvalue weighted by Crippen LogP contribution is -2.26. The van der Waals surface area contributed by atoms with Crippen LogP contribution in [0.5, 0.6) is 0 Å². The highest BCUT2D eigenvalue weighted by atomic mass is 32.2.